The van der Waals surface area contributed by atoms with Crippen LogP contribution in [0.1, 0.15) is 27.9 Å². The molecule has 0 unspecified atom stereocenters. The van der Waals surface area contributed by atoms with Crippen molar-refractivity contribution in [2.24, 2.45) is 0 Å². The lowest BCUT2D eigenvalue weighted by molar-refractivity contribution is -0.122. The summed E-state index contributed by atoms with van der Waals surface area (Å²) in [6, 6.07) is 27.0. The summed E-state index contributed by atoms with van der Waals surface area (Å²) in [5.41, 5.74) is 4.65. The fourth-order valence-electron chi connectivity index (χ4n) is 3.87. The quantitative estimate of drug-likeness (QED) is 0.245. The Balaban J connectivity index is 0.000000153. The molecular weight excluding hydrogens is 599 g/mol. The number of aromatic nitrogens is 2. The highest BCUT2D eigenvalue weighted by Crippen LogP contribution is 2.23. The number of fused-ring (bicyclic) bond motifs is 2. The van der Waals surface area contributed by atoms with Gasteiger partial charge in [-0.1, -0.05) is 90.9 Å². The molecule has 4 heterocycles. The Labute approximate surface area is 252 Å². The minimum absolute atomic E-state index is 0.0990. The topological polar surface area (TPSA) is 119 Å². The number of Topliss-reactive ketones (excluding diaryl/α,β-unsaturated/α-hetero) is 2. The monoisotopic (exact) mass is 626 g/mol. The molecule has 0 atom stereocenters. The number of hydrogen-bond acceptors (Lipinski definition) is 8. The smallest absolute Gasteiger partial charge is 0.469 e. The molecule has 2 aliphatic heterocycles. The Morgan fingerprint density at radius 1 is 0.667 bits per heavy atom. The van der Waals surface area contributed by atoms with E-state index in [9.17, 15) is 9.59 Å². The lowest BCUT2D eigenvalue weighted by Gasteiger charge is -2.15. The molecule has 0 saturated carbocycles. The van der Waals surface area contributed by atoms with Gasteiger partial charge < -0.3 is 19.5 Å². The molecule has 42 heavy (non-hydrogen) atoms. The van der Waals surface area contributed by atoms with Crippen LogP contribution >= 0.6 is 15.9 Å². The number of hydrogen-bond donors (Lipinski definition) is 2. The summed E-state index contributed by atoms with van der Waals surface area (Å²) < 4.78 is 11.2. The molecule has 6 rings (SSSR count). The van der Waals surface area contributed by atoms with E-state index in [1.54, 1.807) is 12.1 Å². The van der Waals surface area contributed by atoms with E-state index in [0.717, 1.165) is 32.6 Å². The van der Waals surface area contributed by atoms with E-state index in [1.165, 1.54) is 5.98 Å². The first-order valence-electron chi connectivity index (χ1n) is 13.1. The van der Waals surface area contributed by atoms with Gasteiger partial charge in [-0.3, -0.25) is 9.59 Å². The van der Waals surface area contributed by atoms with Crippen LogP contribution < -0.4 is 9.47 Å². The molecule has 0 radical (unpaired) electrons. The van der Waals surface area contributed by atoms with Gasteiger partial charge in [-0.25, -0.2) is 9.97 Å². The lowest BCUT2D eigenvalue weighted by Crippen LogP contribution is -2.21. The average molecular weight is 627 g/mol. The zero-order chi connectivity index (χ0) is 29.7. The molecule has 0 fully saturated rings. The number of carbonyl (C=O) groups is 2. The van der Waals surface area contributed by atoms with Crippen molar-refractivity contribution in [3.05, 3.63) is 123 Å². The van der Waals surface area contributed by atoms with Crippen LogP contribution in [0.15, 0.2) is 95.5 Å². The van der Waals surface area contributed by atoms with Gasteiger partial charge in [0.15, 0.2) is 11.6 Å². The predicted molar refractivity (Wildman–Crippen MR) is 166 cm³/mol. The van der Waals surface area contributed by atoms with Gasteiger partial charge in [-0.15, -0.1) is 0 Å². The van der Waals surface area contributed by atoms with E-state index in [4.69, 9.17) is 19.5 Å². The van der Waals surface area contributed by atoms with E-state index in [0.29, 0.717) is 24.6 Å². The number of pyridine rings is 2. The summed E-state index contributed by atoms with van der Waals surface area (Å²) >= 11 is 3.23. The Hall–Kier alpha value is -4.38. The van der Waals surface area contributed by atoms with Gasteiger partial charge >= 0.3 is 7.12 Å². The van der Waals surface area contributed by atoms with Crippen LogP contribution in [-0.4, -0.2) is 51.9 Å². The van der Waals surface area contributed by atoms with Crippen molar-refractivity contribution in [1.29, 1.82) is 0 Å². The molecule has 2 aliphatic rings. The van der Waals surface area contributed by atoms with Crippen molar-refractivity contribution in [2.75, 3.05) is 13.2 Å². The molecule has 2 N–H and O–H groups in total. The van der Waals surface area contributed by atoms with E-state index in [-0.39, 0.29) is 24.8 Å². The second-order valence-electron chi connectivity index (χ2n) is 9.23. The maximum Gasteiger partial charge on any atom is 0.480 e. The van der Waals surface area contributed by atoms with Gasteiger partial charge in [0.25, 0.3) is 0 Å². The Morgan fingerprint density at radius 3 is 1.76 bits per heavy atom. The van der Waals surface area contributed by atoms with Crippen molar-refractivity contribution >= 4 is 52.8 Å². The molecule has 0 saturated heterocycles. The summed E-state index contributed by atoms with van der Waals surface area (Å²) in [5.74, 6) is 2.67. The van der Waals surface area contributed by atoms with Gasteiger partial charge in [-0.2, -0.15) is 0 Å². The van der Waals surface area contributed by atoms with Crippen molar-refractivity contribution < 1.29 is 29.1 Å². The molecule has 8 nitrogen and oxygen atoms in total. The predicted octanol–water partition coefficient (Wildman–Crippen LogP) is 4.82. The highest BCUT2D eigenvalue weighted by Gasteiger charge is 2.18. The second kappa shape index (κ2) is 15.6. The standard InChI is InChI=1S/C16H13NO2.C8H9BO2.C8H6BrNO2/c18-15-10-13-7-9-14(17-16(13)19-11-15)8-6-12-4-2-1-3-5-12;10-9(11)7-6-8-4-2-1-3-5-8;9-7-2-1-5-3-6(11)4-12-8(5)10-7/h1-9H,10-11H2;1-7,10-11H;1-2H,3-4H2/b8-6+;7-6+;. The van der Waals surface area contributed by atoms with Crippen molar-refractivity contribution in [2.45, 2.75) is 12.8 Å². The molecule has 0 bridgehead atoms. The first kappa shape index (κ1) is 30.6. The minimum Gasteiger partial charge on any atom is -0.469 e. The van der Waals surface area contributed by atoms with Crippen LogP contribution in [-0.2, 0) is 22.4 Å². The Morgan fingerprint density at radius 2 is 1.19 bits per heavy atom. The largest absolute Gasteiger partial charge is 0.480 e. The third-order valence-electron chi connectivity index (χ3n) is 5.89. The molecule has 2 aromatic carbocycles. The van der Waals surface area contributed by atoms with Crippen LogP contribution in [0.3, 0.4) is 0 Å². The molecule has 2 aromatic heterocycles. The third-order valence-corrected chi connectivity index (χ3v) is 6.33. The Bertz CT molecular complexity index is 1560. The lowest BCUT2D eigenvalue weighted by atomic mass is 9.91. The number of rotatable bonds is 4. The molecule has 4 aromatic rings. The van der Waals surface area contributed by atoms with Crippen LogP contribution in [0.4, 0.5) is 0 Å². The zero-order valence-electron chi connectivity index (χ0n) is 22.6. The van der Waals surface area contributed by atoms with Crippen molar-refractivity contribution in [3.8, 4) is 11.8 Å². The normalized spacial score (nSPS) is 13.5. The summed E-state index contributed by atoms with van der Waals surface area (Å²) in [4.78, 5) is 30.7. The van der Waals surface area contributed by atoms with E-state index < -0.39 is 7.12 Å². The highest BCUT2D eigenvalue weighted by molar-refractivity contribution is 9.10. The fraction of sp³-hybridized carbons (Fsp3) is 0.125. The summed E-state index contributed by atoms with van der Waals surface area (Å²) in [7, 11) is -1.37. The minimum atomic E-state index is -1.37. The van der Waals surface area contributed by atoms with Gasteiger partial charge in [0, 0.05) is 24.0 Å². The van der Waals surface area contributed by atoms with Gasteiger partial charge in [0.2, 0.25) is 11.8 Å². The summed E-state index contributed by atoms with van der Waals surface area (Å²) in [5, 5.41) is 17.0. The van der Waals surface area contributed by atoms with Crippen LogP contribution in [0.5, 0.6) is 11.8 Å². The molecule has 0 aliphatic carbocycles. The number of ketones is 2. The fourth-order valence-corrected chi connectivity index (χ4v) is 4.17. The number of benzene rings is 2. The van der Waals surface area contributed by atoms with E-state index in [1.807, 2.05) is 91.0 Å². The highest BCUT2D eigenvalue weighted by atomic mass is 79.9. The van der Waals surface area contributed by atoms with Gasteiger partial charge in [0.1, 0.15) is 17.8 Å². The van der Waals surface area contributed by atoms with Gasteiger partial charge in [-0.05, 0) is 45.3 Å². The summed E-state index contributed by atoms with van der Waals surface area (Å²) in [6.07, 6.45) is 6.46. The molecule has 0 spiro atoms. The number of halogens is 1. The van der Waals surface area contributed by atoms with Gasteiger partial charge in [0.05, 0.1) is 5.69 Å². The maximum atomic E-state index is 11.3. The number of nitrogens with zero attached hydrogens (tertiary/aromatic N) is 2. The zero-order valence-corrected chi connectivity index (χ0v) is 24.2. The molecular formula is C32H28BBrN2O6. The maximum absolute atomic E-state index is 11.3. The Kier molecular flexibility index (Phi) is 11.3. The first-order chi connectivity index (χ1) is 20.4. The number of carbonyl (C=O) groups excluding carboxylic acids is 2. The second-order valence-corrected chi connectivity index (χ2v) is 10.0. The van der Waals surface area contributed by atoms with E-state index >= 15 is 0 Å². The summed E-state index contributed by atoms with van der Waals surface area (Å²) in [6.45, 7) is 0.280. The van der Waals surface area contributed by atoms with Crippen LogP contribution in [0.25, 0.3) is 18.2 Å². The number of ether oxygens (including phenoxy) is 2. The van der Waals surface area contributed by atoms with E-state index in [2.05, 4.69) is 25.9 Å². The molecule has 10 heteroatoms. The van der Waals surface area contributed by atoms with Crippen LogP contribution in [0.2, 0.25) is 0 Å². The SMILES string of the molecule is O=C1COc2nc(/C=C/c3ccccc3)ccc2C1.O=C1COc2nc(Br)ccc2C1.OB(O)/C=C/c1ccccc1. The van der Waals surface area contributed by atoms with Crippen molar-refractivity contribution in [1.82, 2.24) is 9.97 Å². The van der Waals surface area contributed by atoms with Crippen LogP contribution in [0, 0.1) is 0 Å². The first-order valence-corrected chi connectivity index (χ1v) is 13.9. The third kappa shape index (κ3) is 9.92. The molecule has 0 amide bonds. The average Bonchev–Trinajstić information content (AvgIpc) is 3.01. The van der Waals surface area contributed by atoms with Crippen molar-refractivity contribution in [3.63, 3.8) is 0 Å². The molecule has 212 valence electrons.